The van der Waals surface area contributed by atoms with Gasteiger partial charge in [-0.05, 0) is 36.4 Å². The fourth-order valence-electron chi connectivity index (χ4n) is 1.98. The minimum absolute atomic E-state index is 0.0161. The van der Waals surface area contributed by atoms with Crippen molar-refractivity contribution in [3.05, 3.63) is 64.0 Å². The predicted octanol–water partition coefficient (Wildman–Crippen LogP) is 4.12. The van der Waals surface area contributed by atoms with E-state index in [9.17, 15) is 16.8 Å². The van der Waals surface area contributed by atoms with Crippen LogP contribution in [0, 0.1) is 0 Å². The molecule has 0 spiro atoms. The lowest BCUT2D eigenvalue weighted by molar-refractivity contribution is 0.589. The maximum atomic E-state index is 12.6. The van der Waals surface area contributed by atoms with Crippen molar-refractivity contribution < 1.29 is 16.8 Å². The van der Waals surface area contributed by atoms with Crippen molar-refractivity contribution in [1.29, 1.82) is 0 Å². The Bertz CT molecular complexity index is 1120. The van der Waals surface area contributed by atoms with E-state index >= 15 is 0 Å². The molecular weight excluding hydrogens is 425 g/mol. The molecular formula is C15H9Cl2NO4S3. The molecule has 10 heteroatoms. The van der Waals surface area contributed by atoms with Gasteiger partial charge in [0.25, 0.3) is 0 Å². The Balaban J connectivity index is 2.11. The highest BCUT2D eigenvalue weighted by molar-refractivity contribution is 7.94. The van der Waals surface area contributed by atoms with Gasteiger partial charge < -0.3 is 0 Å². The number of thiazole rings is 1. The minimum Gasteiger partial charge on any atom is -0.217 e. The molecule has 130 valence electrons. The first-order valence-corrected chi connectivity index (χ1v) is 11.2. The first-order valence-electron chi connectivity index (χ1n) is 6.70. The molecule has 3 aromatic rings. The molecule has 0 atom stereocenters. The molecule has 0 saturated heterocycles. The molecule has 0 N–H and O–H groups in total. The lowest BCUT2D eigenvalue weighted by Crippen LogP contribution is -2.05. The molecule has 1 heterocycles. The van der Waals surface area contributed by atoms with E-state index in [1.807, 2.05) is 0 Å². The summed E-state index contributed by atoms with van der Waals surface area (Å²) in [5.41, 5.74) is 0. The van der Waals surface area contributed by atoms with Gasteiger partial charge in [0.05, 0.1) is 9.79 Å². The van der Waals surface area contributed by atoms with Gasteiger partial charge >= 0.3 is 0 Å². The van der Waals surface area contributed by atoms with Crippen molar-refractivity contribution in [2.24, 2.45) is 0 Å². The lowest BCUT2D eigenvalue weighted by atomic mass is 10.4. The highest BCUT2D eigenvalue weighted by Crippen LogP contribution is 2.36. The van der Waals surface area contributed by atoms with Crippen molar-refractivity contribution in [3.8, 4) is 0 Å². The van der Waals surface area contributed by atoms with Crippen molar-refractivity contribution in [1.82, 2.24) is 4.98 Å². The number of halogens is 2. The largest absolute Gasteiger partial charge is 0.233 e. The SMILES string of the molecule is O=S(=O)(c1ccc(Cl)cc1)c1nc(S(=O)(=O)c2ccccc2)c(Cl)s1. The molecule has 0 saturated carbocycles. The van der Waals surface area contributed by atoms with E-state index in [-0.39, 0.29) is 14.1 Å². The number of benzene rings is 2. The molecule has 0 fully saturated rings. The van der Waals surface area contributed by atoms with Gasteiger partial charge in [-0.1, -0.05) is 52.7 Å². The zero-order valence-corrected chi connectivity index (χ0v) is 16.2. The Hall–Kier alpha value is -1.45. The zero-order valence-electron chi connectivity index (χ0n) is 12.3. The molecule has 0 aliphatic carbocycles. The van der Waals surface area contributed by atoms with Gasteiger partial charge in [-0.2, -0.15) is 0 Å². The number of rotatable bonds is 4. The van der Waals surface area contributed by atoms with Crippen LogP contribution in [0.15, 0.2) is 73.8 Å². The average molecular weight is 434 g/mol. The minimum atomic E-state index is -4.02. The van der Waals surface area contributed by atoms with Crippen LogP contribution in [-0.4, -0.2) is 21.8 Å². The topological polar surface area (TPSA) is 81.2 Å². The van der Waals surface area contributed by atoms with Crippen LogP contribution >= 0.6 is 34.5 Å². The molecule has 0 unspecified atom stereocenters. The molecule has 1 aromatic heterocycles. The summed E-state index contributed by atoms with van der Waals surface area (Å²) in [5.74, 6) is 0. The smallest absolute Gasteiger partial charge is 0.217 e. The Labute approximate surface area is 158 Å². The van der Waals surface area contributed by atoms with Gasteiger partial charge in [0.2, 0.25) is 24.0 Å². The van der Waals surface area contributed by atoms with Crippen LogP contribution in [0.5, 0.6) is 0 Å². The number of nitrogens with zero attached hydrogens (tertiary/aromatic N) is 1. The highest BCUT2D eigenvalue weighted by atomic mass is 35.5. The van der Waals surface area contributed by atoms with Crippen LogP contribution in [0.3, 0.4) is 0 Å². The Kier molecular flexibility index (Phi) is 4.91. The second kappa shape index (κ2) is 6.69. The fourth-order valence-corrected chi connectivity index (χ4v) is 6.85. The van der Waals surface area contributed by atoms with Crippen molar-refractivity contribution in [2.75, 3.05) is 0 Å². The molecule has 0 aliphatic heterocycles. The summed E-state index contributed by atoms with van der Waals surface area (Å²) < 4.78 is 49.9. The number of hydrogen-bond donors (Lipinski definition) is 0. The van der Waals surface area contributed by atoms with E-state index in [0.29, 0.717) is 16.4 Å². The first kappa shape index (κ1) is 18.3. The third-order valence-corrected chi connectivity index (χ3v) is 8.79. The number of aromatic nitrogens is 1. The summed E-state index contributed by atoms with van der Waals surface area (Å²) in [5, 5.41) is -0.0960. The second-order valence-electron chi connectivity index (χ2n) is 4.83. The van der Waals surface area contributed by atoms with Crippen LogP contribution in [0.4, 0.5) is 0 Å². The van der Waals surface area contributed by atoms with E-state index in [1.165, 1.54) is 36.4 Å². The Morgan fingerprint density at radius 2 is 1.32 bits per heavy atom. The maximum Gasteiger partial charge on any atom is 0.233 e. The van der Waals surface area contributed by atoms with Gasteiger partial charge in [-0.15, -0.1) is 0 Å². The van der Waals surface area contributed by atoms with Gasteiger partial charge in [0, 0.05) is 5.02 Å². The predicted molar refractivity (Wildman–Crippen MR) is 95.9 cm³/mol. The fraction of sp³-hybridized carbons (Fsp3) is 0. The van der Waals surface area contributed by atoms with E-state index in [4.69, 9.17) is 23.2 Å². The summed E-state index contributed by atoms with van der Waals surface area (Å²) in [6.07, 6.45) is 0. The molecule has 0 amide bonds. The summed E-state index contributed by atoms with van der Waals surface area (Å²) in [6.45, 7) is 0. The van der Waals surface area contributed by atoms with Crippen LogP contribution < -0.4 is 0 Å². The van der Waals surface area contributed by atoms with Crippen molar-refractivity contribution in [2.45, 2.75) is 19.2 Å². The van der Waals surface area contributed by atoms with Crippen molar-refractivity contribution in [3.63, 3.8) is 0 Å². The standard InChI is InChI=1S/C15H9Cl2NO4S3/c16-10-6-8-12(9-7-10)25(21,22)15-18-14(13(17)23-15)24(19,20)11-4-2-1-3-5-11/h1-9H. The lowest BCUT2D eigenvalue weighted by Gasteiger charge is -2.02. The highest BCUT2D eigenvalue weighted by Gasteiger charge is 2.30. The van der Waals surface area contributed by atoms with Gasteiger partial charge in [-0.3, -0.25) is 0 Å². The first-order chi connectivity index (χ1) is 11.7. The summed E-state index contributed by atoms with van der Waals surface area (Å²) in [7, 11) is -8.02. The summed E-state index contributed by atoms with van der Waals surface area (Å²) in [6, 6.07) is 13.0. The molecule has 0 bridgehead atoms. The van der Waals surface area contributed by atoms with E-state index < -0.39 is 29.0 Å². The van der Waals surface area contributed by atoms with Gasteiger partial charge in [0.1, 0.15) is 4.34 Å². The number of hydrogen-bond acceptors (Lipinski definition) is 6. The van der Waals surface area contributed by atoms with Gasteiger partial charge in [-0.25, -0.2) is 21.8 Å². The molecule has 0 aliphatic rings. The maximum absolute atomic E-state index is 12.6. The molecule has 5 nitrogen and oxygen atoms in total. The van der Waals surface area contributed by atoms with Gasteiger partial charge in [0.15, 0.2) is 5.03 Å². The van der Waals surface area contributed by atoms with Crippen LogP contribution in [-0.2, 0) is 19.7 Å². The van der Waals surface area contributed by atoms with E-state index in [0.717, 1.165) is 0 Å². The third-order valence-electron chi connectivity index (χ3n) is 3.20. The molecule has 3 rings (SSSR count). The van der Waals surface area contributed by atoms with E-state index in [2.05, 4.69) is 4.98 Å². The molecule has 25 heavy (non-hydrogen) atoms. The van der Waals surface area contributed by atoms with E-state index in [1.54, 1.807) is 18.2 Å². The molecule has 2 aromatic carbocycles. The monoisotopic (exact) mass is 433 g/mol. The summed E-state index contributed by atoms with van der Waals surface area (Å²) in [4.78, 5) is 3.74. The van der Waals surface area contributed by atoms with Crippen LogP contribution in [0.2, 0.25) is 9.36 Å². The Morgan fingerprint density at radius 1 is 0.760 bits per heavy atom. The van der Waals surface area contributed by atoms with Crippen LogP contribution in [0.1, 0.15) is 0 Å². The summed E-state index contributed by atoms with van der Waals surface area (Å²) >= 11 is 12.3. The second-order valence-corrected chi connectivity index (χ2v) is 10.9. The zero-order chi connectivity index (χ0) is 18.2. The Morgan fingerprint density at radius 3 is 1.92 bits per heavy atom. The quantitative estimate of drug-likeness (QED) is 0.617. The van der Waals surface area contributed by atoms with Crippen LogP contribution in [0.25, 0.3) is 0 Å². The average Bonchev–Trinajstić information content (AvgIpc) is 2.99. The number of sulfone groups is 2. The molecule has 0 radical (unpaired) electrons. The normalized spacial score (nSPS) is 12.2. The third kappa shape index (κ3) is 3.45. The van der Waals surface area contributed by atoms with Crippen molar-refractivity contribution >= 4 is 54.2 Å².